The molecule has 0 saturated carbocycles. The third-order valence-corrected chi connectivity index (χ3v) is 4.00. The molecule has 1 aliphatic heterocycles. The standard InChI is InChI=1S/C13H14Cl2N2O4/c1-7-4-9(15)10(5-8(7)14)16-12(20)17-13(11(18)19)2-3-21-6-13/h4-5H,2-3,6H2,1H3,(H,18,19)(H2,16,17,20). The molecule has 3 N–H and O–H groups in total. The largest absolute Gasteiger partial charge is 0.479 e. The second-order valence-corrected chi connectivity index (χ2v) is 5.66. The van der Waals surface area contributed by atoms with E-state index >= 15 is 0 Å². The monoisotopic (exact) mass is 332 g/mol. The summed E-state index contributed by atoms with van der Waals surface area (Å²) in [5.41, 5.74) is -0.326. The number of ether oxygens (including phenoxy) is 1. The summed E-state index contributed by atoms with van der Waals surface area (Å²) < 4.78 is 5.06. The minimum absolute atomic E-state index is 0.0713. The van der Waals surface area contributed by atoms with Gasteiger partial charge in [-0.1, -0.05) is 23.2 Å². The van der Waals surface area contributed by atoms with Crippen molar-refractivity contribution >= 4 is 40.9 Å². The van der Waals surface area contributed by atoms with Crippen molar-refractivity contribution in [3.63, 3.8) is 0 Å². The van der Waals surface area contributed by atoms with Crippen LogP contribution in [0.15, 0.2) is 12.1 Å². The Hall–Kier alpha value is -1.50. The molecule has 1 aromatic rings. The van der Waals surface area contributed by atoms with E-state index in [-0.39, 0.29) is 19.6 Å². The Labute approximate surface area is 131 Å². The van der Waals surface area contributed by atoms with Gasteiger partial charge < -0.3 is 20.5 Å². The Balaban J connectivity index is 2.12. The lowest BCUT2D eigenvalue weighted by atomic mass is 9.99. The molecule has 0 radical (unpaired) electrons. The van der Waals surface area contributed by atoms with E-state index in [0.717, 1.165) is 5.56 Å². The predicted molar refractivity (Wildman–Crippen MR) is 79.2 cm³/mol. The first kappa shape index (κ1) is 15.9. The molecule has 1 saturated heterocycles. The maximum atomic E-state index is 12.0. The number of aryl methyl sites for hydroxylation is 1. The molecule has 0 spiro atoms. The minimum Gasteiger partial charge on any atom is -0.479 e. The SMILES string of the molecule is Cc1cc(Cl)c(NC(=O)NC2(C(=O)O)CCOC2)cc1Cl. The molecule has 21 heavy (non-hydrogen) atoms. The van der Waals surface area contributed by atoms with Gasteiger partial charge in [0.1, 0.15) is 0 Å². The van der Waals surface area contributed by atoms with Crippen LogP contribution >= 0.6 is 23.2 Å². The summed E-state index contributed by atoms with van der Waals surface area (Å²) in [5, 5.41) is 14.9. The van der Waals surface area contributed by atoms with Gasteiger partial charge >= 0.3 is 12.0 Å². The fraction of sp³-hybridized carbons (Fsp3) is 0.385. The van der Waals surface area contributed by atoms with Crippen LogP contribution in [-0.2, 0) is 9.53 Å². The summed E-state index contributed by atoms with van der Waals surface area (Å²) in [4.78, 5) is 23.3. The number of carboxylic acid groups (broad SMARTS) is 1. The molecule has 1 unspecified atom stereocenters. The Kier molecular flexibility index (Phi) is 4.61. The smallest absolute Gasteiger partial charge is 0.332 e. The molecule has 0 aromatic heterocycles. The zero-order valence-electron chi connectivity index (χ0n) is 11.2. The molecular weight excluding hydrogens is 319 g/mol. The third-order valence-electron chi connectivity index (χ3n) is 3.28. The lowest BCUT2D eigenvalue weighted by Crippen LogP contribution is -2.56. The molecule has 1 aromatic carbocycles. The van der Waals surface area contributed by atoms with Crippen LogP contribution in [-0.4, -0.2) is 35.9 Å². The number of aliphatic carboxylic acids is 1. The number of rotatable bonds is 3. The summed E-state index contributed by atoms with van der Waals surface area (Å²) in [5.74, 6) is -1.14. The van der Waals surface area contributed by atoms with Crippen LogP contribution in [0.5, 0.6) is 0 Å². The van der Waals surface area contributed by atoms with E-state index in [2.05, 4.69) is 10.6 Å². The van der Waals surface area contributed by atoms with Crippen molar-refractivity contribution in [2.45, 2.75) is 18.9 Å². The molecule has 2 rings (SSSR count). The van der Waals surface area contributed by atoms with E-state index in [9.17, 15) is 14.7 Å². The van der Waals surface area contributed by atoms with Gasteiger partial charge in [-0.2, -0.15) is 0 Å². The number of urea groups is 1. The number of amides is 2. The first-order chi connectivity index (χ1) is 9.84. The summed E-state index contributed by atoms with van der Waals surface area (Å²) in [7, 11) is 0. The summed E-state index contributed by atoms with van der Waals surface area (Å²) in [6, 6.07) is 2.45. The van der Waals surface area contributed by atoms with Gasteiger partial charge in [0.2, 0.25) is 0 Å². The molecule has 1 fully saturated rings. The average molecular weight is 333 g/mol. The molecular formula is C13H14Cl2N2O4. The summed E-state index contributed by atoms with van der Waals surface area (Å²) in [6.45, 7) is 2.00. The maximum Gasteiger partial charge on any atom is 0.332 e. The fourth-order valence-corrected chi connectivity index (χ4v) is 2.43. The number of carboxylic acids is 1. The lowest BCUT2D eigenvalue weighted by Gasteiger charge is -2.24. The number of benzene rings is 1. The predicted octanol–water partition coefficient (Wildman–Crippen LogP) is 2.67. The highest BCUT2D eigenvalue weighted by Crippen LogP contribution is 2.29. The van der Waals surface area contributed by atoms with Gasteiger partial charge in [-0.05, 0) is 24.6 Å². The molecule has 114 valence electrons. The Morgan fingerprint density at radius 3 is 2.62 bits per heavy atom. The molecule has 1 atom stereocenters. The Morgan fingerprint density at radius 2 is 2.05 bits per heavy atom. The fourth-order valence-electron chi connectivity index (χ4n) is 2.00. The van der Waals surface area contributed by atoms with Crippen molar-refractivity contribution in [1.29, 1.82) is 0 Å². The molecule has 0 bridgehead atoms. The van der Waals surface area contributed by atoms with Gasteiger partial charge in [0.15, 0.2) is 5.54 Å². The second-order valence-electron chi connectivity index (χ2n) is 4.85. The molecule has 1 heterocycles. The Morgan fingerprint density at radius 1 is 1.33 bits per heavy atom. The van der Waals surface area contributed by atoms with Crippen LogP contribution in [0.1, 0.15) is 12.0 Å². The molecule has 2 amide bonds. The van der Waals surface area contributed by atoms with E-state index < -0.39 is 17.5 Å². The van der Waals surface area contributed by atoms with Crippen LogP contribution in [0.3, 0.4) is 0 Å². The summed E-state index contributed by atoms with van der Waals surface area (Å²) in [6.07, 6.45) is 0.206. The zero-order chi connectivity index (χ0) is 15.6. The van der Waals surface area contributed by atoms with Crippen LogP contribution in [0, 0.1) is 6.92 Å². The van der Waals surface area contributed by atoms with Crippen LogP contribution in [0.4, 0.5) is 10.5 Å². The van der Waals surface area contributed by atoms with E-state index in [1.54, 1.807) is 13.0 Å². The number of nitrogens with one attached hydrogen (secondary N) is 2. The van der Waals surface area contributed by atoms with Crippen molar-refractivity contribution in [3.8, 4) is 0 Å². The second kappa shape index (κ2) is 6.09. The van der Waals surface area contributed by atoms with Crippen LogP contribution in [0.25, 0.3) is 0 Å². The lowest BCUT2D eigenvalue weighted by molar-refractivity contribution is -0.144. The van der Waals surface area contributed by atoms with E-state index in [1.807, 2.05) is 0 Å². The van der Waals surface area contributed by atoms with Crippen LogP contribution < -0.4 is 10.6 Å². The number of carbonyl (C=O) groups excluding carboxylic acids is 1. The minimum atomic E-state index is -1.41. The van der Waals surface area contributed by atoms with Gasteiger partial charge in [-0.25, -0.2) is 9.59 Å². The number of carbonyl (C=O) groups is 2. The van der Waals surface area contributed by atoms with Crippen molar-refractivity contribution in [3.05, 3.63) is 27.7 Å². The van der Waals surface area contributed by atoms with Gasteiger partial charge in [-0.3, -0.25) is 0 Å². The van der Waals surface area contributed by atoms with Gasteiger partial charge in [-0.15, -0.1) is 0 Å². The normalized spacial score (nSPS) is 21.1. The molecule has 0 aliphatic carbocycles. The first-order valence-corrected chi connectivity index (χ1v) is 6.95. The number of halogens is 2. The van der Waals surface area contributed by atoms with Gasteiger partial charge in [0.05, 0.1) is 17.3 Å². The zero-order valence-corrected chi connectivity index (χ0v) is 12.7. The van der Waals surface area contributed by atoms with E-state index in [0.29, 0.717) is 15.7 Å². The van der Waals surface area contributed by atoms with E-state index in [4.69, 9.17) is 27.9 Å². The highest BCUT2D eigenvalue weighted by molar-refractivity contribution is 6.36. The first-order valence-electron chi connectivity index (χ1n) is 6.20. The number of hydrogen-bond donors (Lipinski definition) is 3. The average Bonchev–Trinajstić information content (AvgIpc) is 2.85. The van der Waals surface area contributed by atoms with Crippen molar-refractivity contribution < 1.29 is 19.4 Å². The van der Waals surface area contributed by atoms with Crippen molar-refractivity contribution in [1.82, 2.24) is 5.32 Å². The summed E-state index contributed by atoms with van der Waals surface area (Å²) >= 11 is 12.0. The molecule has 1 aliphatic rings. The Bertz CT molecular complexity index is 586. The third kappa shape index (κ3) is 3.40. The quantitative estimate of drug-likeness (QED) is 0.794. The molecule has 6 nitrogen and oxygen atoms in total. The topological polar surface area (TPSA) is 87.7 Å². The highest BCUT2D eigenvalue weighted by atomic mass is 35.5. The van der Waals surface area contributed by atoms with Gasteiger partial charge in [0.25, 0.3) is 0 Å². The highest BCUT2D eigenvalue weighted by Gasteiger charge is 2.44. The van der Waals surface area contributed by atoms with Crippen LogP contribution in [0.2, 0.25) is 10.0 Å². The van der Waals surface area contributed by atoms with Crippen molar-refractivity contribution in [2.24, 2.45) is 0 Å². The van der Waals surface area contributed by atoms with E-state index in [1.165, 1.54) is 6.07 Å². The van der Waals surface area contributed by atoms with Gasteiger partial charge in [0, 0.05) is 18.1 Å². The molecule has 8 heteroatoms. The maximum absolute atomic E-state index is 12.0. The number of hydrogen-bond acceptors (Lipinski definition) is 3. The van der Waals surface area contributed by atoms with Crippen molar-refractivity contribution in [2.75, 3.05) is 18.5 Å². The number of anilines is 1.